The molecule has 17 heavy (non-hydrogen) atoms. The Balaban J connectivity index is 1.71. The molecule has 1 saturated heterocycles. The van der Waals surface area contributed by atoms with Crippen molar-refractivity contribution in [2.75, 3.05) is 20.1 Å². The summed E-state index contributed by atoms with van der Waals surface area (Å²) >= 11 is 0. The number of rotatable bonds is 5. The largest absolute Gasteiger partial charge is 0.340 e. The Hall–Kier alpha value is -1.36. The standard InChI is InChI=1S/C12H20N4O/c1-16(9-11-5-7-14-15-11)12(17)3-2-10-4-6-13-8-10/h5,7,10,13H,2-4,6,8-9H2,1H3,(H,14,15). The van der Waals surface area contributed by atoms with Crippen molar-refractivity contribution < 1.29 is 4.79 Å². The number of nitrogens with zero attached hydrogens (tertiary/aromatic N) is 2. The predicted octanol–water partition coefficient (Wildman–Crippen LogP) is 0.758. The van der Waals surface area contributed by atoms with Crippen LogP contribution >= 0.6 is 0 Å². The Morgan fingerprint density at radius 2 is 2.53 bits per heavy atom. The Labute approximate surface area is 102 Å². The van der Waals surface area contributed by atoms with Gasteiger partial charge in [0, 0.05) is 19.7 Å². The third-order valence-corrected chi connectivity index (χ3v) is 3.32. The highest BCUT2D eigenvalue weighted by molar-refractivity contribution is 5.75. The van der Waals surface area contributed by atoms with Gasteiger partial charge in [0.1, 0.15) is 0 Å². The molecule has 1 aromatic rings. The van der Waals surface area contributed by atoms with Gasteiger partial charge in [-0.15, -0.1) is 0 Å². The van der Waals surface area contributed by atoms with Crippen LogP contribution < -0.4 is 5.32 Å². The van der Waals surface area contributed by atoms with Gasteiger partial charge < -0.3 is 10.2 Å². The highest BCUT2D eigenvalue weighted by Crippen LogP contribution is 2.15. The number of H-pyrrole nitrogens is 1. The molecule has 0 spiro atoms. The zero-order valence-corrected chi connectivity index (χ0v) is 10.3. The minimum absolute atomic E-state index is 0.214. The van der Waals surface area contributed by atoms with E-state index in [0.29, 0.717) is 18.9 Å². The lowest BCUT2D eigenvalue weighted by atomic mass is 10.0. The molecule has 1 unspecified atom stereocenters. The summed E-state index contributed by atoms with van der Waals surface area (Å²) in [7, 11) is 1.84. The van der Waals surface area contributed by atoms with E-state index in [2.05, 4.69) is 15.5 Å². The molecule has 94 valence electrons. The summed E-state index contributed by atoms with van der Waals surface area (Å²) in [5.74, 6) is 0.894. The lowest BCUT2D eigenvalue weighted by Crippen LogP contribution is -2.26. The maximum atomic E-state index is 11.9. The first-order chi connectivity index (χ1) is 8.25. The van der Waals surface area contributed by atoms with Crippen molar-refractivity contribution in [2.45, 2.75) is 25.8 Å². The average Bonchev–Trinajstić information content (AvgIpc) is 2.98. The van der Waals surface area contributed by atoms with E-state index in [1.54, 1.807) is 11.1 Å². The van der Waals surface area contributed by atoms with Crippen LogP contribution in [0.4, 0.5) is 0 Å². The number of aromatic amines is 1. The van der Waals surface area contributed by atoms with Crippen molar-refractivity contribution in [1.82, 2.24) is 20.4 Å². The SMILES string of the molecule is CN(Cc1ccn[nH]1)C(=O)CCC1CCNC1. The van der Waals surface area contributed by atoms with Crippen LogP contribution in [0, 0.1) is 5.92 Å². The number of amides is 1. The molecule has 0 radical (unpaired) electrons. The molecular weight excluding hydrogens is 216 g/mol. The summed E-state index contributed by atoms with van der Waals surface area (Å²) in [6, 6.07) is 1.89. The number of hydrogen-bond acceptors (Lipinski definition) is 3. The van der Waals surface area contributed by atoms with Gasteiger partial charge in [-0.2, -0.15) is 5.10 Å². The highest BCUT2D eigenvalue weighted by atomic mass is 16.2. The van der Waals surface area contributed by atoms with E-state index in [9.17, 15) is 4.79 Å². The number of hydrogen-bond donors (Lipinski definition) is 2. The Morgan fingerprint density at radius 1 is 1.65 bits per heavy atom. The quantitative estimate of drug-likeness (QED) is 0.793. The van der Waals surface area contributed by atoms with Gasteiger partial charge >= 0.3 is 0 Å². The fourth-order valence-electron chi connectivity index (χ4n) is 2.20. The molecule has 0 bridgehead atoms. The minimum Gasteiger partial charge on any atom is -0.340 e. The predicted molar refractivity (Wildman–Crippen MR) is 65.3 cm³/mol. The van der Waals surface area contributed by atoms with Gasteiger partial charge in [-0.3, -0.25) is 9.89 Å². The summed E-state index contributed by atoms with van der Waals surface area (Å²) in [5, 5.41) is 10.1. The van der Waals surface area contributed by atoms with Gasteiger partial charge in [-0.25, -0.2) is 0 Å². The normalized spacial score (nSPS) is 19.5. The molecule has 0 saturated carbocycles. The molecule has 1 amide bonds. The van der Waals surface area contributed by atoms with Crippen molar-refractivity contribution >= 4 is 5.91 Å². The fraction of sp³-hybridized carbons (Fsp3) is 0.667. The van der Waals surface area contributed by atoms with Gasteiger partial charge in [0.15, 0.2) is 0 Å². The molecule has 2 heterocycles. The minimum atomic E-state index is 0.214. The van der Waals surface area contributed by atoms with E-state index in [1.165, 1.54) is 6.42 Å². The Morgan fingerprint density at radius 3 is 3.18 bits per heavy atom. The van der Waals surface area contributed by atoms with Crippen molar-refractivity contribution in [3.63, 3.8) is 0 Å². The van der Waals surface area contributed by atoms with E-state index in [-0.39, 0.29) is 5.91 Å². The zero-order valence-electron chi connectivity index (χ0n) is 10.3. The summed E-state index contributed by atoms with van der Waals surface area (Å²) in [4.78, 5) is 13.7. The average molecular weight is 236 g/mol. The third-order valence-electron chi connectivity index (χ3n) is 3.32. The third kappa shape index (κ3) is 3.56. The van der Waals surface area contributed by atoms with Gasteiger partial charge in [0.25, 0.3) is 0 Å². The highest BCUT2D eigenvalue weighted by Gasteiger charge is 2.17. The van der Waals surface area contributed by atoms with Crippen LogP contribution in [0.3, 0.4) is 0 Å². The second kappa shape index (κ2) is 5.82. The van der Waals surface area contributed by atoms with Crippen molar-refractivity contribution in [2.24, 2.45) is 5.92 Å². The maximum absolute atomic E-state index is 11.9. The molecular formula is C12H20N4O. The monoisotopic (exact) mass is 236 g/mol. The molecule has 5 nitrogen and oxygen atoms in total. The van der Waals surface area contributed by atoms with Crippen LogP contribution in [-0.4, -0.2) is 41.1 Å². The first-order valence-electron chi connectivity index (χ1n) is 6.18. The van der Waals surface area contributed by atoms with E-state index in [1.807, 2.05) is 13.1 Å². The molecule has 2 rings (SSSR count). The molecule has 2 N–H and O–H groups in total. The van der Waals surface area contributed by atoms with Crippen LogP contribution in [-0.2, 0) is 11.3 Å². The van der Waals surface area contributed by atoms with Gasteiger partial charge in [-0.05, 0) is 37.9 Å². The molecule has 5 heteroatoms. The molecule has 0 aliphatic carbocycles. The number of aromatic nitrogens is 2. The molecule has 1 aliphatic rings. The van der Waals surface area contributed by atoms with Gasteiger partial charge in [0.2, 0.25) is 5.91 Å². The van der Waals surface area contributed by atoms with Gasteiger partial charge in [-0.1, -0.05) is 0 Å². The molecule has 0 aromatic carbocycles. The van der Waals surface area contributed by atoms with E-state index >= 15 is 0 Å². The van der Waals surface area contributed by atoms with Crippen LogP contribution in [0.5, 0.6) is 0 Å². The van der Waals surface area contributed by atoms with Crippen LogP contribution in [0.25, 0.3) is 0 Å². The molecule has 1 fully saturated rings. The summed E-state index contributed by atoms with van der Waals surface area (Å²) in [5.41, 5.74) is 0.975. The zero-order chi connectivity index (χ0) is 12.1. The van der Waals surface area contributed by atoms with Crippen LogP contribution in [0.15, 0.2) is 12.3 Å². The molecule has 1 aliphatic heterocycles. The van der Waals surface area contributed by atoms with Gasteiger partial charge in [0.05, 0.1) is 12.2 Å². The lowest BCUT2D eigenvalue weighted by Gasteiger charge is -2.17. The topological polar surface area (TPSA) is 61.0 Å². The van der Waals surface area contributed by atoms with E-state index in [4.69, 9.17) is 0 Å². The summed E-state index contributed by atoms with van der Waals surface area (Å²) in [6.45, 7) is 2.78. The fourth-order valence-corrected chi connectivity index (χ4v) is 2.20. The second-order valence-corrected chi connectivity index (χ2v) is 4.73. The maximum Gasteiger partial charge on any atom is 0.222 e. The van der Waals surface area contributed by atoms with Crippen molar-refractivity contribution in [3.8, 4) is 0 Å². The Kier molecular flexibility index (Phi) is 4.14. The first kappa shape index (κ1) is 12.1. The summed E-state index contributed by atoms with van der Waals surface area (Å²) < 4.78 is 0. The number of nitrogens with one attached hydrogen (secondary N) is 2. The van der Waals surface area contributed by atoms with Crippen LogP contribution in [0.1, 0.15) is 25.0 Å². The summed E-state index contributed by atoms with van der Waals surface area (Å²) in [6.07, 6.45) is 4.56. The van der Waals surface area contributed by atoms with E-state index < -0.39 is 0 Å². The number of carbonyl (C=O) groups is 1. The Bertz CT molecular complexity index is 343. The molecule has 1 atom stereocenters. The van der Waals surface area contributed by atoms with Crippen LogP contribution in [0.2, 0.25) is 0 Å². The number of carbonyl (C=O) groups excluding carboxylic acids is 1. The molecule has 1 aromatic heterocycles. The lowest BCUT2D eigenvalue weighted by molar-refractivity contribution is -0.130. The smallest absolute Gasteiger partial charge is 0.222 e. The second-order valence-electron chi connectivity index (χ2n) is 4.73. The first-order valence-corrected chi connectivity index (χ1v) is 6.18. The van der Waals surface area contributed by atoms with Crippen molar-refractivity contribution in [3.05, 3.63) is 18.0 Å². The van der Waals surface area contributed by atoms with Crippen molar-refractivity contribution in [1.29, 1.82) is 0 Å². The van der Waals surface area contributed by atoms with E-state index in [0.717, 1.165) is 25.2 Å².